The summed E-state index contributed by atoms with van der Waals surface area (Å²) in [4.78, 5) is 8.16. The Balaban J connectivity index is 1.59. The largest absolute Gasteiger partial charge is 0.508 e. The third-order valence-electron chi connectivity index (χ3n) is 2.90. The number of aromatic nitrogens is 2. The van der Waals surface area contributed by atoms with Gasteiger partial charge in [-0.25, -0.2) is 9.97 Å². The predicted octanol–water partition coefficient (Wildman–Crippen LogP) is 1.78. The zero-order valence-corrected chi connectivity index (χ0v) is 11.8. The van der Waals surface area contributed by atoms with E-state index in [0.717, 1.165) is 19.4 Å². The Morgan fingerprint density at radius 2 is 1.90 bits per heavy atom. The molecule has 0 aliphatic carbocycles. The number of phenolic OH excluding ortho intramolecular Hbond substituents is 1. The molecule has 1 aromatic carbocycles. The van der Waals surface area contributed by atoms with Crippen LogP contribution in [0.3, 0.4) is 0 Å². The number of ether oxygens (including phenoxy) is 1. The van der Waals surface area contributed by atoms with Crippen LogP contribution < -0.4 is 15.8 Å². The number of nitrogens with two attached hydrogens (primary N) is 1. The van der Waals surface area contributed by atoms with Crippen LogP contribution in [0, 0.1) is 0 Å². The highest BCUT2D eigenvalue weighted by molar-refractivity contribution is 5.30. The number of rotatable bonds is 8. The van der Waals surface area contributed by atoms with E-state index in [4.69, 9.17) is 10.5 Å². The van der Waals surface area contributed by atoms with Gasteiger partial charge in [-0.3, -0.25) is 0 Å². The van der Waals surface area contributed by atoms with Gasteiger partial charge in [-0.1, -0.05) is 0 Å². The first-order valence-corrected chi connectivity index (χ1v) is 6.92. The first kappa shape index (κ1) is 15.1. The topological polar surface area (TPSA) is 93.3 Å². The molecule has 0 saturated carbocycles. The highest BCUT2D eigenvalue weighted by Crippen LogP contribution is 2.16. The third kappa shape index (κ3) is 5.66. The Morgan fingerprint density at radius 1 is 1.19 bits per heavy atom. The molecule has 112 valence electrons. The van der Waals surface area contributed by atoms with Crippen LogP contribution in [0.1, 0.15) is 12.8 Å². The van der Waals surface area contributed by atoms with E-state index in [0.29, 0.717) is 18.3 Å². The Kier molecular flexibility index (Phi) is 5.78. The van der Waals surface area contributed by atoms with Crippen molar-refractivity contribution in [3.8, 4) is 11.5 Å². The molecule has 21 heavy (non-hydrogen) atoms. The molecule has 2 rings (SSSR count). The molecule has 0 saturated heterocycles. The van der Waals surface area contributed by atoms with Gasteiger partial charge in [0, 0.05) is 25.0 Å². The predicted molar refractivity (Wildman–Crippen MR) is 81.3 cm³/mol. The van der Waals surface area contributed by atoms with Crippen molar-refractivity contribution in [1.82, 2.24) is 9.97 Å². The molecule has 0 spiro atoms. The number of phenols is 1. The number of nitrogens with zero attached hydrogens (tertiary/aromatic N) is 2. The molecule has 6 nitrogen and oxygen atoms in total. The van der Waals surface area contributed by atoms with Gasteiger partial charge in [0.1, 0.15) is 18.1 Å². The van der Waals surface area contributed by atoms with Crippen molar-refractivity contribution in [2.24, 2.45) is 5.73 Å². The Labute approximate surface area is 124 Å². The maximum atomic E-state index is 9.17. The summed E-state index contributed by atoms with van der Waals surface area (Å²) in [6.07, 6.45) is 5.16. The van der Waals surface area contributed by atoms with Gasteiger partial charge in [0.25, 0.3) is 0 Å². The van der Waals surface area contributed by atoms with E-state index >= 15 is 0 Å². The van der Waals surface area contributed by atoms with Gasteiger partial charge in [-0.15, -0.1) is 0 Å². The summed E-state index contributed by atoms with van der Waals surface area (Å²) in [6.45, 7) is 1.23. The molecule has 1 heterocycles. The fourth-order valence-electron chi connectivity index (χ4n) is 1.78. The average Bonchev–Trinajstić information content (AvgIpc) is 2.52. The van der Waals surface area contributed by atoms with Gasteiger partial charge < -0.3 is 20.9 Å². The third-order valence-corrected chi connectivity index (χ3v) is 2.90. The van der Waals surface area contributed by atoms with Crippen LogP contribution in [0.2, 0.25) is 0 Å². The smallest absolute Gasteiger partial charge is 0.222 e. The molecule has 1 unspecified atom stereocenters. The minimum Gasteiger partial charge on any atom is -0.508 e. The molecule has 1 aromatic heterocycles. The summed E-state index contributed by atoms with van der Waals surface area (Å²) in [6, 6.07) is 8.36. The highest BCUT2D eigenvalue weighted by atomic mass is 16.5. The molecular formula is C15H20N4O2. The minimum atomic E-state index is -0.0303. The molecule has 0 bridgehead atoms. The first-order valence-electron chi connectivity index (χ1n) is 6.92. The van der Waals surface area contributed by atoms with E-state index in [1.54, 1.807) is 42.7 Å². The second-order valence-electron chi connectivity index (χ2n) is 4.71. The number of hydrogen-bond acceptors (Lipinski definition) is 6. The van der Waals surface area contributed by atoms with Crippen molar-refractivity contribution < 1.29 is 9.84 Å². The summed E-state index contributed by atoms with van der Waals surface area (Å²) >= 11 is 0. The maximum Gasteiger partial charge on any atom is 0.222 e. The maximum absolute atomic E-state index is 9.17. The Hall–Kier alpha value is -2.34. The Morgan fingerprint density at radius 3 is 2.62 bits per heavy atom. The molecule has 0 radical (unpaired) electrons. The fraction of sp³-hybridized carbons (Fsp3) is 0.333. The molecule has 0 aliphatic rings. The summed E-state index contributed by atoms with van der Waals surface area (Å²) < 4.78 is 5.56. The van der Waals surface area contributed by atoms with E-state index in [1.165, 1.54) is 0 Å². The van der Waals surface area contributed by atoms with Crippen molar-refractivity contribution in [2.45, 2.75) is 18.9 Å². The molecular weight excluding hydrogens is 268 g/mol. The average molecular weight is 288 g/mol. The van der Waals surface area contributed by atoms with Gasteiger partial charge in [0.05, 0.1) is 0 Å². The normalized spacial score (nSPS) is 11.9. The van der Waals surface area contributed by atoms with Crippen LogP contribution in [0.25, 0.3) is 0 Å². The van der Waals surface area contributed by atoms with Crippen molar-refractivity contribution in [3.05, 3.63) is 42.7 Å². The van der Waals surface area contributed by atoms with Gasteiger partial charge in [-0.2, -0.15) is 0 Å². The van der Waals surface area contributed by atoms with E-state index in [-0.39, 0.29) is 11.8 Å². The van der Waals surface area contributed by atoms with E-state index in [9.17, 15) is 5.11 Å². The number of anilines is 1. The summed E-state index contributed by atoms with van der Waals surface area (Å²) in [5.74, 6) is 1.56. The van der Waals surface area contributed by atoms with Crippen molar-refractivity contribution in [1.29, 1.82) is 0 Å². The van der Waals surface area contributed by atoms with E-state index in [1.807, 2.05) is 0 Å². The van der Waals surface area contributed by atoms with Gasteiger partial charge in [0.2, 0.25) is 5.95 Å². The van der Waals surface area contributed by atoms with Crippen LogP contribution >= 0.6 is 0 Å². The lowest BCUT2D eigenvalue weighted by Crippen LogP contribution is -2.28. The summed E-state index contributed by atoms with van der Waals surface area (Å²) in [5.41, 5.74) is 6.00. The van der Waals surface area contributed by atoms with Crippen LogP contribution in [0.5, 0.6) is 11.5 Å². The van der Waals surface area contributed by atoms with Crippen LogP contribution in [-0.4, -0.2) is 34.3 Å². The second-order valence-corrected chi connectivity index (χ2v) is 4.71. The second kappa shape index (κ2) is 8.06. The van der Waals surface area contributed by atoms with Gasteiger partial charge in [-0.05, 0) is 43.2 Å². The zero-order valence-electron chi connectivity index (χ0n) is 11.8. The lowest BCUT2D eigenvalue weighted by atomic mass is 10.2. The zero-order chi connectivity index (χ0) is 14.9. The molecule has 4 N–H and O–H groups in total. The highest BCUT2D eigenvalue weighted by Gasteiger charge is 2.04. The summed E-state index contributed by atoms with van der Waals surface area (Å²) in [5, 5.41) is 12.3. The minimum absolute atomic E-state index is 0.0303. The number of aromatic hydroxyl groups is 1. The van der Waals surface area contributed by atoms with Crippen molar-refractivity contribution in [2.75, 3.05) is 18.5 Å². The molecule has 1 atom stereocenters. The molecule has 0 amide bonds. The number of benzene rings is 1. The quantitative estimate of drug-likeness (QED) is 0.641. The molecule has 2 aromatic rings. The van der Waals surface area contributed by atoms with Crippen LogP contribution in [0.4, 0.5) is 5.95 Å². The van der Waals surface area contributed by atoms with Crippen molar-refractivity contribution >= 4 is 5.95 Å². The van der Waals surface area contributed by atoms with Crippen LogP contribution in [-0.2, 0) is 0 Å². The van der Waals surface area contributed by atoms with Crippen molar-refractivity contribution in [3.63, 3.8) is 0 Å². The lowest BCUT2D eigenvalue weighted by Gasteiger charge is -2.13. The van der Waals surface area contributed by atoms with E-state index in [2.05, 4.69) is 15.3 Å². The molecule has 6 heteroatoms. The number of nitrogens with one attached hydrogen (secondary N) is 1. The molecule has 0 fully saturated rings. The van der Waals surface area contributed by atoms with Gasteiger partial charge in [0.15, 0.2) is 0 Å². The van der Waals surface area contributed by atoms with Gasteiger partial charge >= 0.3 is 0 Å². The SMILES string of the molecule is NC(CCCNc1ncccn1)COc1ccc(O)cc1. The molecule has 0 aliphatic heterocycles. The lowest BCUT2D eigenvalue weighted by molar-refractivity contribution is 0.280. The Bertz CT molecular complexity index is 519. The van der Waals surface area contributed by atoms with E-state index < -0.39 is 0 Å². The first-order chi connectivity index (χ1) is 10.2. The summed E-state index contributed by atoms with van der Waals surface area (Å²) in [7, 11) is 0. The van der Waals surface area contributed by atoms with Crippen LogP contribution in [0.15, 0.2) is 42.7 Å². The fourth-order valence-corrected chi connectivity index (χ4v) is 1.78. The monoisotopic (exact) mass is 288 g/mol. The standard InChI is InChI=1S/C15H20N4O2/c16-12(11-21-14-6-4-13(20)5-7-14)3-1-8-17-15-18-9-2-10-19-15/h2,4-7,9-10,12,20H,1,3,8,11,16H2,(H,17,18,19). The number of hydrogen-bond donors (Lipinski definition) is 3.